The third kappa shape index (κ3) is 5.83. The predicted molar refractivity (Wildman–Crippen MR) is 130 cm³/mol. The number of nitrogens with one attached hydrogen (secondary N) is 1. The van der Waals surface area contributed by atoms with Crippen molar-refractivity contribution in [1.29, 1.82) is 0 Å². The smallest absolute Gasteiger partial charge is 0.416 e. The molecule has 1 atom stereocenters. The summed E-state index contributed by atoms with van der Waals surface area (Å²) in [5.74, 6) is -0.466. The summed E-state index contributed by atoms with van der Waals surface area (Å²) < 4.78 is 59.3. The number of alkyl halides is 3. The van der Waals surface area contributed by atoms with E-state index in [1.54, 1.807) is 32.9 Å². The fraction of sp³-hybridized carbons (Fsp3) is 0.231. The molecular formula is C26H22F4N2O3S. The highest BCUT2D eigenvalue weighted by Gasteiger charge is 2.31. The van der Waals surface area contributed by atoms with E-state index < -0.39 is 35.4 Å². The second-order valence-electron chi connectivity index (χ2n) is 9.09. The van der Waals surface area contributed by atoms with E-state index in [2.05, 4.69) is 10.3 Å². The number of aliphatic hydroxyl groups is 1. The van der Waals surface area contributed by atoms with Gasteiger partial charge in [-0.25, -0.2) is 14.2 Å². The number of aliphatic hydroxyl groups excluding tert-OH is 1. The number of anilines is 1. The zero-order valence-electron chi connectivity index (χ0n) is 19.5. The zero-order chi connectivity index (χ0) is 26.3. The van der Waals surface area contributed by atoms with E-state index in [0.29, 0.717) is 26.9 Å². The average molecular weight is 519 g/mol. The summed E-state index contributed by atoms with van der Waals surface area (Å²) in [5.41, 5.74) is 0.119. The maximum Gasteiger partial charge on any atom is 0.416 e. The number of carbonyl (C=O) groups excluding carboxylic acids is 1. The topological polar surface area (TPSA) is 71.5 Å². The Bertz CT molecular complexity index is 1410. The molecule has 4 rings (SSSR count). The number of amides is 1. The number of rotatable bonds is 4. The van der Waals surface area contributed by atoms with Crippen LogP contribution >= 0.6 is 11.3 Å². The Morgan fingerprint density at radius 1 is 1.03 bits per heavy atom. The fourth-order valence-corrected chi connectivity index (χ4v) is 4.50. The van der Waals surface area contributed by atoms with E-state index in [0.717, 1.165) is 23.5 Å². The second kappa shape index (κ2) is 9.51. The molecule has 0 radical (unpaired) electrons. The van der Waals surface area contributed by atoms with Crippen LogP contribution in [0.5, 0.6) is 0 Å². The Morgan fingerprint density at radius 2 is 1.72 bits per heavy atom. The predicted octanol–water partition coefficient (Wildman–Crippen LogP) is 7.55. The fourth-order valence-electron chi connectivity index (χ4n) is 3.57. The molecule has 188 valence electrons. The zero-order valence-corrected chi connectivity index (χ0v) is 20.3. The number of thiazole rings is 1. The molecule has 0 aliphatic rings. The van der Waals surface area contributed by atoms with Crippen molar-refractivity contribution in [1.82, 2.24) is 4.98 Å². The summed E-state index contributed by atoms with van der Waals surface area (Å²) in [6, 6.07) is 13.2. The molecule has 1 heterocycles. The van der Waals surface area contributed by atoms with Crippen molar-refractivity contribution >= 4 is 32.8 Å². The van der Waals surface area contributed by atoms with Crippen LogP contribution in [0.1, 0.15) is 43.6 Å². The third-order valence-electron chi connectivity index (χ3n) is 5.13. The lowest BCUT2D eigenvalue weighted by molar-refractivity contribution is -0.137. The van der Waals surface area contributed by atoms with Gasteiger partial charge in [0.2, 0.25) is 0 Å². The van der Waals surface area contributed by atoms with Crippen LogP contribution in [0.3, 0.4) is 0 Å². The van der Waals surface area contributed by atoms with E-state index in [-0.39, 0.29) is 10.7 Å². The molecule has 0 aliphatic carbocycles. The van der Waals surface area contributed by atoms with Gasteiger partial charge in [0.05, 0.1) is 15.8 Å². The molecule has 2 N–H and O–H groups in total. The van der Waals surface area contributed by atoms with Crippen LogP contribution in [0, 0.1) is 5.82 Å². The van der Waals surface area contributed by atoms with Crippen molar-refractivity contribution in [3.05, 3.63) is 83.2 Å². The Kier molecular flexibility index (Phi) is 6.76. The second-order valence-corrected chi connectivity index (χ2v) is 10.1. The molecule has 0 aliphatic heterocycles. The van der Waals surface area contributed by atoms with Gasteiger partial charge in [-0.3, -0.25) is 5.32 Å². The normalized spacial score (nSPS) is 13.0. The highest BCUT2D eigenvalue weighted by Crippen LogP contribution is 2.39. The standard InChI is InChI=1S/C26H22F4N2O3S/c1-25(2,3)35-24(34)32-23-31-21-19(15-5-4-6-17(11-15)26(28,29)30)12-16(13-20(21)36-23)22(33)14-7-9-18(27)10-8-14/h4-13,22,33H,1-3H3,(H,31,32,34). The summed E-state index contributed by atoms with van der Waals surface area (Å²) in [4.78, 5) is 16.7. The number of benzene rings is 3. The Labute approximate surface area is 208 Å². The summed E-state index contributed by atoms with van der Waals surface area (Å²) in [6.07, 6.45) is -6.45. The number of hydrogen-bond acceptors (Lipinski definition) is 5. The molecule has 5 nitrogen and oxygen atoms in total. The van der Waals surface area contributed by atoms with E-state index in [1.165, 1.54) is 36.4 Å². The first kappa shape index (κ1) is 25.6. The highest BCUT2D eigenvalue weighted by atomic mass is 32.1. The van der Waals surface area contributed by atoms with Crippen molar-refractivity contribution in [2.75, 3.05) is 5.32 Å². The molecule has 0 bridgehead atoms. The minimum absolute atomic E-state index is 0.181. The molecule has 0 fully saturated rings. The third-order valence-corrected chi connectivity index (χ3v) is 6.05. The number of aromatic nitrogens is 1. The molecule has 1 unspecified atom stereocenters. The van der Waals surface area contributed by atoms with Crippen LogP contribution in [0.4, 0.5) is 27.5 Å². The van der Waals surface area contributed by atoms with Crippen LogP contribution in [0.2, 0.25) is 0 Å². The Hall–Kier alpha value is -3.50. The molecule has 0 saturated carbocycles. The van der Waals surface area contributed by atoms with Gasteiger partial charge in [-0.15, -0.1) is 0 Å². The maximum absolute atomic E-state index is 13.4. The summed E-state index contributed by atoms with van der Waals surface area (Å²) in [7, 11) is 0. The van der Waals surface area contributed by atoms with Crippen molar-refractivity contribution < 1.29 is 32.2 Å². The van der Waals surface area contributed by atoms with E-state index >= 15 is 0 Å². The molecule has 4 aromatic rings. The van der Waals surface area contributed by atoms with Crippen molar-refractivity contribution in [3.8, 4) is 11.1 Å². The lowest BCUT2D eigenvalue weighted by atomic mass is 9.95. The average Bonchev–Trinajstić information content (AvgIpc) is 3.18. The van der Waals surface area contributed by atoms with Crippen LogP contribution in [0.25, 0.3) is 21.3 Å². The van der Waals surface area contributed by atoms with Crippen LogP contribution in [0.15, 0.2) is 60.7 Å². The minimum atomic E-state index is -4.55. The van der Waals surface area contributed by atoms with Gasteiger partial charge >= 0.3 is 12.3 Å². The number of nitrogens with zero attached hydrogens (tertiary/aromatic N) is 1. The molecule has 3 aromatic carbocycles. The maximum atomic E-state index is 13.4. The Morgan fingerprint density at radius 3 is 2.36 bits per heavy atom. The van der Waals surface area contributed by atoms with Gasteiger partial charge in [0.1, 0.15) is 17.5 Å². The lowest BCUT2D eigenvalue weighted by Gasteiger charge is -2.18. The number of halogens is 4. The largest absolute Gasteiger partial charge is 0.444 e. The van der Waals surface area contributed by atoms with Gasteiger partial charge in [-0.1, -0.05) is 35.6 Å². The number of hydrogen-bond donors (Lipinski definition) is 2. The van der Waals surface area contributed by atoms with E-state index in [4.69, 9.17) is 4.74 Å². The number of fused-ring (bicyclic) bond motifs is 1. The summed E-state index contributed by atoms with van der Waals surface area (Å²) in [5, 5.41) is 13.7. The minimum Gasteiger partial charge on any atom is -0.444 e. The van der Waals surface area contributed by atoms with Crippen LogP contribution < -0.4 is 5.32 Å². The SMILES string of the molecule is CC(C)(C)OC(=O)Nc1nc2c(-c3cccc(C(F)(F)F)c3)cc(C(O)c3ccc(F)cc3)cc2s1. The molecular weight excluding hydrogens is 496 g/mol. The van der Waals surface area contributed by atoms with Gasteiger partial charge in [0, 0.05) is 5.56 Å². The van der Waals surface area contributed by atoms with Crippen molar-refractivity contribution in [2.45, 2.75) is 38.7 Å². The van der Waals surface area contributed by atoms with E-state index in [1.807, 2.05) is 0 Å². The highest BCUT2D eigenvalue weighted by molar-refractivity contribution is 7.22. The van der Waals surface area contributed by atoms with Crippen molar-refractivity contribution in [3.63, 3.8) is 0 Å². The lowest BCUT2D eigenvalue weighted by Crippen LogP contribution is -2.27. The number of carbonyl (C=O) groups is 1. The van der Waals surface area contributed by atoms with E-state index in [9.17, 15) is 27.5 Å². The van der Waals surface area contributed by atoms with Crippen LogP contribution in [-0.4, -0.2) is 21.8 Å². The van der Waals surface area contributed by atoms with Crippen LogP contribution in [-0.2, 0) is 10.9 Å². The monoisotopic (exact) mass is 518 g/mol. The Balaban J connectivity index is 1.83. The first-order chi connectivity index (χ1) is 16.8. The van der Waals surface area contributed by atoms with Gasteiger partial charge < -0.3 is 9.84 Å². The van der Waals surface area contributed by atoms with Crippen molar-refractivity contribution in [2.24, 2.45) is 0 Å². The molecule has 1 aromatic heterocycles. The van der Waals surface area contributed by atoms with Gasteiger partial charge in [0.25, 0.3) is 0 Å². The molecule has 10 heteroatoms. The number of ether oxygens (including phenoxy) is 1. The summed E-state index contributed by atoms with van der Waals surface area (Å²) in [6.45, 7) is 5.12. The molecule has 1 amide bonds. The van der Waals surface area contributed by atoms with Gasteiger partial charge in [0.15, 0.2) is 5.13 Å². The summed E-state index contributed by atoms with van der Waals surface area (Å²) >= 11 is 1.08. The first-order valence-electron chi connectivity index (χ1n) is 10.9. The molecule has 36 heavy (non-hydrogen) atoms. The molecule has 0 saturated heterocycles. The molecule has 0 spiro atoms. The van der Waals surface area contributed by atoms with Gasteiger partial charge in [-0.05, 0) is 73.9 Å². The first-order valence-corrected chi connectivity index (χ1v) is 11.7. The van der Waals surface area contributed by atoms with Gasteiger partial charge in [-0.2, -0.15) is 13.2 Å². The quantitative estimate of drug-likeness (QED) is 0.274.